The molecule has 0 aliphatic rings. The number of carbonyl (C=O) groups excluding carboxylic acids is 2. The van der Waals surface area contributed by atoms with Gasteiger partial charge in [0.1, 0.15) is 0 Å². The number of nitrogens with one attached hydrogen (secondary N) is 2. The van der Waals surface area contributed by atoms with Crippen LogP contribution in [-0.4, -0.2) is 24.9 Å². The first-order chi connectivity index (χ1) is 11.1. The third kappa shape index (κ3) is 4.56. The number of rotatable bonds is 5. The monoisotopic (exact) mass is 327 g/mol. The maximum atomic E-state index is 11.9. The van der Waals surface area contributed by atoms with E-state index in [1.807, 2.05) is 6.07 Å². The molecule has 116 valence electrons. The number of halogens is 1. The number of hydrogen-bond donors (Lipinski definition) is 2. The Kier molecular flexibility index (Phi) is 5.73. The van der Waals surface area contributed by atoms with E-state index in [4.69, 9.17) is 16.9 Å². The molecule has 0 heterocycles. The zero-order chi connectivity index (χ0) is 16.7. The van der Waals surface area contributed by atoms with E-state index < -0.39 is 0 Å². The lowest BCUT2D eigenvalue weighted by molar-refractivity contribution is 0.0927. The number of nitriles is 1. The number of benzene rings is 2. The van der Waals surface area contributed by atoms with E-state index in [2.05, 4.69) is 10.6 Å². The largest absolute Gasteiger partial charge is 0.350 e. The number of carbonyl (C=O) groups is 2. The number of nitrogens with zero attached hydrogens (tertiary/aromatic N) is 1. The molecule has 0 aromatic heterocycles. The Balaban J connectivity index is 1.79. The van der Waals surface area contributed by atoms with E-state index in [1.165, 1.54) is 0 Å². The Morgan fingerprint density at radius 1 is 0.957 bits per heavy atom. The predicted octanol–water partition coefficient (Wildman–Crippen LogP) is 2.37. The van der Waals surface area contributed by atoms with Crippen molar-refractivity contribution in [2.75, 3.05) is 13.1 Å². The van der Waals surface area contributed by atoms with Gasteiger partial charge in [-0.3, -0.25) is 9.59 Å². The van der Waals surface area contributed by atoms with Crippen LogP contribution in [0.2, 0.25) is 5.02 Å². The van der Waals surface area contributed by atoms with Gasteiger partial charge in [-0.15, -0.1) is 0 Å². The molecule has 0 spiro atoms. The summed E-state index contributed by atoms with van der Waals surface area (Å²) in [4.78, 5) is 23.8. The smallest absolute Gasteiger partial charge is 0.252 e. The molecule has 23 heavy (non-hydrogen) atoms. The van der Waals surface area contributed by atoms with Crippen LogP contribution >= 0.6 is 11.6 Å². The molecule has 2 N–H and O–H groups in total. The lowest BCUT2D eigenvalue weighted by Gasteiger charge is -2.08. The van der Waals surface area contributed by atoms with Crippen molar-refractivity contribution in [3.05, 3.63) is 70.2 Å². The van der Waals surface area contributed by atoms with E-state index >= 15 is 0 Å². The summed E-state index contributed by atoms with van der Waals surface area (Å²) in [5, 5.41) is 14.5. The van der Waals surface area contributed by atoms with Gasteiger partial charge in [-0.25, -0.2) is 0 Å². The normalized spacial score (nSPS) is 9.74. The molecule has 5 nitrogen and oxygen atoms in total. The Morgan fingerprint density at radius 2 is 1.57 bits per heavy atom. The Hall–Kier alpha value is -2.84. The van der Waals surface area contributed by atoms with Gasteiger partial charge in [0.15, 0.2) is 0 Å². The summed E-state index contributed by atoms with van der Waals surface area (Å²) in [5.41, 5.74) is 1.35. The van der Waals surface area contributed by atoms with Crippen LogP contribution in [0.5, 0.6) is 0 Å². The fraction of sp³-hybridized carbons (Fsp3) is 0.118. The molecule has 0 saturated carbocycles. The molecule has 0 radical (unpaired) electrons. The Labute approximate surface area is 138 Å². The molecule has 0 atom stereocenters. The second kappa shape index (κ2) is 7.97. The van der Waals surface area contributed by atoms with Gasteiger partial charge < -0.3 is 10.6 Å². The molecule has 2 aromatic rings. The summed E-state index contributed by atoms with van der Waals surface area (Å²) in [6.07, 6.45) is 0. The first kappa shape index (κ1) is 16.5. The minimum Gasteiger partial charge on any atom is -0.350 e. The highest BCUT2D eigenvalue weighted by Gasteiger charge is 2.09. The van der Waals surface area contributed by atoms with Gasteiger partial charge >= 0.3 is 0 Å². The average molecular weight is 328 g/mol. The van der Waals surface area contributed by atoms with Crippen LogP contribution in [0.3, 0.4) is 0 Å². The van der Waals surface area contributed by atoms with Crippen molar-refractivity contribution in [2.45, 2.75) is 0 Å². The van der Waals surface area contributed by atoms with E-state index in [0.29, 0.717) is 21.7 Å². The van der Waals surface area contributed by atoms with Crippen LogP contribution in [0.15, 0.2) is 48.5 Å². The SMILES string of the molecule is N#Cc1ccc(C(=O)NCCNC(=O)c2ccccc2Cl)cc1. The lowest BCUT2D eigenvalue weighted by atomic mass is 10.1. The van der Waals surface area contributed by atoms with E-state index in [-0.39, 0.29) is 24.9 Å². The molecule has 0 bridgehead atoms. The van der Waals surface area contributed by atoms with E-state index in [1.54, 1.807) is 48.5 Å². The van der Waals surface area contributed by atoms with Crippen LogP contribution in [0, 0.1) is 11.3 Å². The van der Waals surface area contributed by atoms with Crippen molar-refractivity contribution in [2.24, 2.45) is 0 Å². The van der Waals surface area contributed by atoms with Crippen LogP contribution in [0.25, 0.3) is 0 Å². The fourth-order valence-corrected chi connectivity index (χ4v) is 2.11. The third-order valence-electron chi connectivity index (χ3n) is 3.09. The van der Waals surface area contributed by atoms with Gasteiger partial charge in [-0.05, 0) is 36.4 Å². The van der Waals surface area contributed by atoms with Crippen LogP contribution in [-0.2, 0) is 0 Å². The average Bonchev–Trinajstić information content (AvgIpc) is 2.58. The second-order valence-electron chi connectivity index (χ2n) is 4.68. The zero-order valence-electron chi connectivity index (χ0n) is 12.2. The van der Waals surface area contributed by atoms with Gasteiger partial charge in [0.05, 0.1) is 22.2 Å². The number of hydrogen-bond acceptors (Lipinski definition) is 3. The summed E-state index contributed by atoms with van der Waals surface area (Å²) in [5.74, 6) is -0.551. The molecule has 2 amide bonds. The maximum Gasteiger partial charge on any atom is 0.252 e. The predicted molar refractivity (Wildman–Crippen MR) is 87.3 cm³/mol. The summed E-state index contributed by atoms with van der Waals surface area (Å²) >= 11 is 5.93. The fourth-order valence-electron chi connectivity index (χ4n) is 1.89. The molecule has 0 aliphatic heterocycles. The van der Waals surface area contributed by atoms with E-state index in [0.717, 1.165) is 0 Å². The first-order valence-electron chi connectivity index (χ1n) is 6.93. The minimum atomic E-state index is -0.289. The highest BCUT2D eigenvalue weighted by atomic mass is 35.5. The lowest BCUT2D eigenvalue weighted by Crippen LogP contribution is -2.34. The van der Waals surface area contributed by atoms with Crippen molar-refractivity contribution in [3.8, 4) is 6.07 Å². The second-order valence-corrected chi connectivity index (χ2v) is 5.09. The van der Waals surface area contributed by atoms with Crippen LogP contribution < -0.4 is 10.6 Å². The van der Waals surface area contributed by atoms with Gasteiger partial charge in [0.25, 0.3) is 11.8 Å². The summed E-state index contributed by atoms with van der Waals surface area (Å²) in [7, 11) is 0. The molecule has 0 aliphatic carbocycles. The van der Waals surface area contributed by atoms with Gasteiger partial charge in [-0.1, -0.05) is 23.7 Å². The van der Waals surface area contributed by atoms with Crippen molar-refractivity contribution in [3.63, 3.8) is 0 Å². The number of amides is 2. The third-order valence-corrected chi connectivity index (χ3v) is 3.42. The molecule has 2 rings (SSSR count). The molecule has 6 heteroatoms. The zero-order valence-corrected chi connectivity index (χ0v) is 12.9. The summed E-state index contributed by atoms with van der Waals surface area (Å²) < 4.78 is 0. The Bertz CT molecular complexity index is 751. The molecule has 0 fully saturated rings. The highest BCUT2D eigenvalue weighted by Crippen LogP contribution is 2.14. The van der Waals surface area contributed by atoms with Crippen LogP contribution in [0.4, 0.5) is 0 Å². The topological polar surface area (TPSA) is 82.0 Å². The summed E-state index contributed by atoms with van der Waals surface area (Å²) in [6.45, 7) is 0.571. The standard InChI is InChI=1S/C17H14ClN3O2/c18-15-4-2-1-3-14(15)17(23)21-10-9-20-16(22)13-7-5-12(11-19)6-8-13/h1-8H,9-10H2,(H,20,22)(H,21,23). The first-order valence-corrected chi connectivity index (χ1v) is 7.30. The minimum absolute atomic E-state index is 0.263. The van der Waals surface area contributed by atoms with Crippen molar-refractivity contribution in [1.82, 2.24) is 10.6 Å². The van der Waals surface area contributed by atoms with Gasteiger partial charge in [0.2, 0.25) is 0 Å². The molecule has 0 unspecified atom stereocenters. The van der Waals surface area contributed by atoms with Crippen molar-refractivity contribution >= 4 is 23.4 Å². The van der Waals surface area contributed by atoms with Crippen LogP contribution in [0.1, 0.15) is 26.3 Å². The van der Waals surface area contributed by atoms with Gasteiger partial charge in [0, 0.05) is 18.7 Å². The summed E-state index contributed by atoms with van der Waals surface area (Å²) in [6, 6.07) is 15.1. The quantitative estimate of drug-likeness (QED) is 0.827. The molecular weight excluding hydrogens is 314 g/mol. The molecule has 2 aromatic carbocycles. The maximum absolute atomic E-state index is 11.9. The molecular formula is C17H14ClN3O2. The van der Waals surface area contributed by atoms with Gasteiger partial charge in [-0.2, -0.15) is 5.26 Å². The van der Waals surface area contributed by atoms with Crippen molar-refractivity contribution in [1.29, 1.82) is 5.26 Å². The van der Waals surface area contributed by atoms with E-state index in [9.17, 15) is 9.59 Å². The Morgan fingerprint density at radius 3 is 2.17 bits per heavy atom. The van der Waals surface area contributed by atoms with Crippen molar-refractivity contribution < 1.29 is 9.59 Å². The highest BCUT2D eigenvalue weighted by molar-refractivity contribution is 6.33. The molecule has 0 saturated heterocycles.